The first-order chi connectivity index (χ1) is 27.2. The van der Waals surface area contributed by atoms with Gasteiger partial charge < -0.3 is 8.83 Å². The van der Waals surface area contributed by atoms with Crippen molar-refractivity contribution in [3.8, 4) is 44.9 Å². The number of benzene rings is 4. The zero-order chi connectivity index (χ0) is 42.3. The third-order valence-electron chi connectivity index (χ3n) is 11.2. The molecule has 8 rings (SSSR count). The summed E-state index contributed by atoms with van der Waals surface area (Å²) in [4.78, 5) is 0. The summed E-state index contributed by atoms with van der Waals surface area (Å²) in [5.74, 6) is 3.77. The molecule has 6 aromatic carbocycles. The number of hydrogen-bond donors (Lipinski definition) is 0. The van der Waals surface area contributed by atoms with Gasteiger partial charge in [0.1, 0.15) is 0 Å². The van der Waals surface area contributed by atoms with E-state index in [0.29, 0.717) is 0 Å². The molecule has 6 heteroatoms. The SMILES string of the molecule is C[Si](C)=[Zr+2].Cc1ccc(-c2cc3c(-c4ccc(C(C)(C)C)cc4)c(C)c(C)cc3[cH-]2)o1.Cc1ccc(-c2cc3c(-c4ccc(C(C)(C)C)cc4)c(C)c(C)cc3[cH-]2)o1.Cl.Cl. The Morgan fingerprint density at radius 1 is 0.483 bits per heavy atom. The molecule has 0 saturated carbocycles. The van der Waals surface area contributed by atoms with E-state index in [1.165, 1.54) is 77.2 Å². The van der Waals surface area contributed by atoms with E-state index in [4.69, 9.17) is 8.83 Å². The molecule has 0 N–H and O–H groups in total. The standard InChI is InChI=1S/2C26H27O.C2H6Si.2ClH.Zr/c2*1-16-13-20-14-21(24-12-7-17(2)27-24)15-23(20)25(18(16)3)19-8-10-22(11-9-19)26(4,5)6;1-3-2;;;/h2*7-15H,1-6H3;1-2H3;2*1H;/q2*-1;;;;+2. The average Bonchev–Trinajstić information content (AvgIpc) is 3.96. The van der Waals surface area contributed by atoms with E-state index in [1.54, 1.807) is 23.3 Å². The normalized spacial score (nSPS) is 11.3. The van der Waals surface area contributed by atoms with E-state index in [2.05, 4.69) is 179 Å². The van der Waals surface area contributed by atoms with Crippen LogP contribution in [0.25, 0.3) is 66.4 Å². The van der Waals surface area contributed by atoms with Gasteiger partial charge in [-0.2, -0.15) is 0 Å². The zero-order valence-electron chi connectivity index (χ0n) is 38.0. The van der Waals surface area contributed by atoms with Gasteiger partial charge in [0.25, 0.3) is 0 Å². The van der Waals surface area contributed by atoms with Gasteiger partial charge in [0.2, 0.25) is 0 Å². The minimum absolute atomic E-state index is 0. The van der Waals surface area contributed by atoms with Crippen LogP contribution in [-0.2, 0) is 34.2 Å². The predicted octanol–water partition coefficient (Wildman–Crippen LogP) is 17.0. The van der Waals surface area contributed by atoms with E-state index < -0.39 is 0 Å². The summed E-state index contributed by atoms with van der Waals surface area (Å²) in [6.45, 7) is 31.0. The molecule has 2 heterocycles. The van der Waals surface area contributed by atoms with Crippen molar-refractivity contribution in [2.24, 2.45) is 0 Å². The van der Waals surface area contributed by atoms with Gasteiger partial charge in [-0.15, -0.1) is 82.8 Å². The molecule has 0 aliphatic rings. The van der Waals surface area contributed by atoms with Gasteiger partial charge in [-0.3, -0.25) is 0 Å². The van der Waals surface area contributed by atoms with Gasteiger partial charge >= 0.3 is 41.9 Å². The van der Waals surface area contributed by atoms with E-state index in [-0.39, 0.29) is 41.1 Å². The second-order valence-corrected chi connectivity index (χ2v) is 27.7. The van der Waals surface area contributed by atoms with Crippen LogP contribution < -0.4 is 0 Å². The van der Waals surface area contributed by atoms with Gasteiger partial charge in [-0.25, -0.2) is 0 Å². The quantitative estimate of drug-likeness (QED) is 0.130. The first-order valence-electron chi connectivity index (χ1n) is 20.5. The molecule has 0 spiro atoms. The van der Waals surface area contributed by atoms with Crippen molar-refractivity contribution in [1.29, 1.82) is 0 Å². The molecule has 312 valence electrons. The second-order valence-electron chi connectivity index (χ2n) is 18.4. The molecule has 0 bridgehead atoms. The Kier molecular flexibility index (Phi) is 16.0. The third kappa shape index (κ3) is 11.0. The van der Waals surface area contributed by atoms with Crippen molar-refractivity contribution >= 4 is 51.8 Å². The van der Waals surface area contributed by atoms with Crippen LogP contribution >= 0.6 is 24.8 Å². The van der Waals surface area contributed by atoms with Crippen molar-refractivity contribution in [2.45, 2.75) is 107 Å². The van der Waals surface area contributed by atoms with Crippen LogP contribution in [0.2, 0.25) is 13.1 Å². The molecule has 8 aromatic rings. The molecule has 0 aliphatic heterocycles. The van der Waals surface area contributed by atoms with Crippen LogP contribution in [-0.4, -0.2) is 5.43 Å². The molecule has 2 aromatic heterocycles. The maximum Gasteiger partial charge on any atom is 0.0896 e. The van der Waals surface area contributed by atoms with Crippen molar-refractivity contribution in [2.75, 3.05) is 0 Å². The van der Waals surface area contributed by atoms with Crippen LogP contribution in [0.4, 0.5) is 0 Å². The van der Waals surface area contributed by atoms with Crippen LogP contribution in [0.15, 0.2) is 118 Å². The van der Waals surface area contributed by atoms with Crippen LogP contribution in [0, 0.1) is 41.5 Å². The molecule has 0 fully saturated rings. The van der Waals surface area contributed by atoms with Crippen LogP contribution in [0.3, 0.4) is 0 Å². The minimum Gasteiger partial charge on any atom is -0.496 e. The van der Waals surface area contributed by atoms with Gasteiger partial charge in [-0.1, -0.05) is 123 Å². The van der Waals surface area contributed by atoms with Crippen molar-refractivity contribution in [1.82, 2.24) is 0 Å². The first kappa shape index (κ1) is 49.0. The molecule has 0 amide bonds. The van der Waals surface area contributed by atoms with Crippen molar-refractivity contribution in [3.05, 3.63) is 154 Å². The summed E-state index contributed by atoms with van der Waals surface area (Å²) >= 11 is 1.74. The van der Waals surface area contributed by atoms with Gasteiger partial charge in [0.05, 0.1) is 23.0 Å². The molecule has 0 atom stereocenters. The van der Waals surface area contributed by atoms with E-state index >= 15 is 0 Å². The Labute approximate surface area is 387 Å². The van der Waals surface area contributed by atoms with E-state index in [0.717, 1.165) is 34.2 Å². The monoisotopic (exact) mass is 930 g/mol. The number of hydrogen-bond acceptors (Lipinski definition) is 2. The number of halogens is 2. The maximum absolute atomic E-state index is 5.86. The summed E-state index contributed by atoms with van der Waals surface area (Å²) in [6, 6.07) is 39.9. The van der Waals surface area contributed by atoms with Crippen molar-refractivity contribution in [3.63, 3.8) is 0 Å². The number of fused-ring (bicyclic) bond motifs is 2. The Balaban J connectivity index is 0.000000236. The zero-order valence-corrected chi connectivity index (χ0v) is 43.1. The number of aryl methyl sites for hydroxylation is 4. The van der Waals surface area contributed by atoms with Crippen LogP contribution in [0.5, 0.6) is 0 Å². The second kappa shape index (κ2) is 19.6. The maximum atomic E-state index is 5.86. The minimum atomic E-state index is 0. The van der Waals surface area contributed by atoms with Gasteiger partial charge in [-0.05, 0) is 110 Å². The smallest absolute Gasteiger partial charge is 0.0896 e. The molecule has 60 heavy (non-hydrogen) atoms. The van der Waals surface area contributed by atoms with Crippen molar-refractivity contribution < 1.29 is 32.2 Å². The molecule has 0 saturated heterocycles. The molecule has 0 radical (unpaired) electrons. The predicted molar refractivity (Wildman–Crippen MR) is 263 cm³/mol. The Bertz CT molecular complexity index is 2530. The fourth-order valence-corrected chi connectivity index (χ4v) is 7.69. The summed E-state index contributed by atoms with van der Waals surface area (Å²) < 4.78 is 11.7. The Morgan fingerprint density at radius 2 is 0.800 bits per heavy atom. The topological polar surface area (TPSA) is 26.3 Å². The largest absolute Gasteiger partial charge is 0.496 e. The summed E-state index contributed by atoms with van der Waals surface area (Å²) in [6.07, 6.45) is 0. The summed E-state index contributed by atoms with van der Waals surface area (Å²) in [5.41, 5.74) is 16.1. The van der Waals surface area contributed by atoms with Gasteiger partial charge in [0, 0.05) is 0 Å². The summed E-state index contributed by atoms with van der Waals surface area (Å²) in [7, 11) is 0. The molecule has 0 aliphatic carbocycles. The van der Waals surface area contributed by atoms with Crippen LogP contribution in [0.1, 0.15) is 86.4 Å². The fourth-order valence-electron chi connectivity index (χ4n) is 7.69. The number of rotatable bonds is 4. The first-order valence-corrected chi connectivity index (χ1v) is 26.7. The molecular weight excluding hydrogens is 871 g/mol. The summed E-state index contributed by atoms with van der Waals surface area (Å²) in [5, 5.41) is 5.14. The Morgan fingerprint density at radius 3 is 1.07 bits per heavy atom. The third-order valence-corrected chi connectivity index (χ3v) is 11.2. The molecule has 0 unspecified atom stereocenters. The molecule has 2 nitrogen and oxygen atoms in total. The fraction of sp³-hybridized carbons (Fsp3) is 0.296. The molecular formula is C54H62Cl2O2SiZr. The van der Waals surface area contributed by atoms with E-state index in [9.17, 15) is 0 Å². The van der Waals surface area contributed by atoms with E-state index in [1.807, 2.05) is 26.0 Å². The van der Waals surface area contributed by atoms with Gasteiger partial charge in [0.15, 0.2) is 0 Å². The Hall–Kier alpha value is -3.66. The average molecular weight is 933 g/mol. The number of furan rings is 2.